The van der Waals surface area contributed by atoms with Crippen LogP contribution in [0.4, 0.5) is 11.4 Å². The van der Waals surface area contributed by atoms with Crippen molar-refractivity contribution in [2.75, 3.05) is 29.9 Å². The molecule has 0 bridgehead atoms. The minimum atomic E-state index is -0.539. The molecule has 0 atom stereocenters. The topological polar surface area (TPSA) is 84.7 Å². The smallest absolute Gasteiger partial charge is 0.262 e. The number of nitrogens with zero attached hydrogens (tertiary/aromatic N) is 1. The number of primary amides is 1. The summed E-state index contributed by atoms with van der Waals surface area (Å²) in [5, 5.41) is 3.28. The molecule has 1 fully saturated rings. The molecule has 2 aromatic rings. The van der Waals surface area contributed by atoms with E-state index in [1.54, 1.807) is 36.4 Å². The van der Waals surface area contributed by atoms with E-state index in [4.69, 9.17) is 22.1 Å². The minimum Gasteiger partial charge on any atom is -0.482 e. The number of benzene rings is 2. The van der Waals surface area contributed by atoms with Gasteiger partial charge in [0.2, 0.25) is 5.91 Å². The van der Waals surface area contributed by atoms with Crippen LogP contribution in [0.25, 0.3) is 0 Å². The molecule has 6 nitrogen and oxygen atoms in total. The van der Waals surface area contributed by atoms with Crippen LogP contribution in [0, 0.1) is 0 Å². The molecule has 3 N–H and O–H groups in total. The average Bonchev–Trinajstić information content (AvgIpc) is 2.68. The first-order valence-corrected chi connectivity index (χ1v) is 9.28. The van der Waals surface area contributed by atoms with Crippen molar-refractivity contribution in [3.05, 3.63) is 53.1 Å². The van der Waals surface area contributed by atoms with Crippen molar-refractivity contribution in [3.8, 4) is 5.75 Å². The zero-order valence-electron chi connectivity index (χ0n) is 14.9. The zero-order chi connectivity index (χ0) is 19.2. The van der Waals surface area contributed by atoms with E-state index in [2.05, 4.69) is 10.2 Å². The van der Waals surface area contributed by atoms with E-state index >= 15 is 0 Å². The van der Waals surface area contributed by atoms with Crippen LogP contribution in [0.2, 0.25) is 5.02 Å². The summed E-state index contributed by atoms with van der Waals surface area (Å²) < 4.78 is 5.48. The predicted octanol–water partition coefficient (Wildman–Crippen LogP) is 3.45. The van der Waals surface area contributed by atoms with Crippen LogP contribution < -0.4 is 20.7 Å². The van der Waals surface area contributed by atoms with Crippen molar-refractivity contribution in [3.63, 3.8) is 0 Å². The SMILES string of the molecule is NC(=O)c1ccc(N2CCCCC2)c(NC(=O)COc2ccccc2Cl)c1. The van der Waals surface area contributed by atoms with Crippen LogP contribution in [0.5, 0.6) is 5.75 Å². The Balaban J connectivity index is 1.74. The van der Waals surface area contributed by atoms with Crippen LogP contribution in [-0.2, 0) is 4.79 Å². The second kappa shape index (κ2) is 8.77. The molecule has 2 amide bonds. The van der Waals surface area contributed by atoms with Crippen LogP contribution in [0.3, 0.4) is 0 Å². The molecule has 0 aliphatic carbocycles. The van der Waals surface area contributed by atoms with E-state index in [0.29, 0.717) is 22.0 Å². The Morgan fingerprint density at radius 1 is 1.11 bits per heavy atom. The molecule has 1 heterocycles. The van der Waals surface area contributed by atoms with Gasteiger partial charge in [0.25, 0.3) is 5.91 Å². The normalized spacial score (nSPS) is 13.9. The second-order valence-electron chi connectivity index (χ2n) is 6.41. The molecule has 0 saturated carbocycles. The summed E-state index contributed by atoms with van der Waals surface area (Å²) >= 11 is 6.04. The number of halogens is 1. The highest BCUT2D eigenvalue weighted by Crippen LogP contribution is 2.30. The van der Waals surface area contributed by atoms with Crippen LogP contribution in [0.1, 0.15) is 29.6 Å². The molecule has 1 aliphatic rings. The van der Waals surface area contributed by atoms with E-state index in [1.807, 2.05) is 6.07 Å². The number of para-hydroxylation sites is 1. The van der Waals surface area contributed by atoms with Gasteiger partial charge in [-0.3, -0.25) is 9.59 Å². The van der Waals surface area contributed by atoms with Gasteiger partial charge in [0.1, 0.15) is 5.75 Å². The molecule has 7 heteroatoms. The lowest BCUT2D eigenvalue weighted by atomic mass is 10.1. The lowest BCUT2D eigenvalue weighted by Gasteiger charge is -2.30. The molecule has 0 radical (unpaired) electrons. The van der Waals surface area contributed by atoms with Crippen LogP contribution >= 0.6 is 11.6 Å². The van der Waals surface area contributed by atoms with E-state index in [1.165, 1.54) is 6.42 Å². The Morgan fingerprint density at radius 2 is 1.85 bits per heavy atom. The fourth-order valence-electron chi connectivity index (χ4n) is 3.09. The molecule has 27 heavy (non-hydrogen) atoms. The number of amides is 2. The standard InChI is InChI=1S/C20H22ClN3O3/c21-15-6-2-3-7-18(15)27-13-19(25)23-16-12-14(20(22)26)8-9-17(16)24-10-4-1-5-11-24/h2-3,6-9,12H,1,4-5,10-11,13H2,(H2,22,26)(H,23,25). The minimum absolute atomic E-state index is 0.191. The summed E-state index contributed by atoms with van der Waals surface area (Å²) in [4.78, 5) is 26.1. The van der Waals surface area contributed by atoms with E-state index in [9.17, 15) is 9.59 Å². The predicted molar refractivity (Wildman–Crippen MR) is 107 cm³/mol. The first-order valence-electron chi connectivity index (χ1n) is 8.90. The third kappa shape index (κ3) is 4.92. The van der Waals surface area contributed by atoms with Gasteiger partial charge in [0.15, 0.2) is 6.61 Å². The Morgan fingerprint density at radius 3 is 2.56 bits per heavy atom. The Labute approximate surface area is 163 Å². The van der Waals surface area contributed by atoms with Crippen LogP contribution in [0.15, 0.2) is 42.5 Å². The molecule has 0 spiro atoms. The van der Waals surface area contributed by atoms with Gasteiger partial charge < -0.3 is 20.7 Å². The number of anilines is 2. The molecule has 2 aromatic carbocycles. The molecule has 3 rings (SSSR count). The van der Waals surface area contributed by atoms with Crippen molar-refractivity contribution in [2.45, 2.75) is 19.3 Å². The first-order chi connectivity index (χ1) is 13.0. The maximum Gasteiger partial charge on any atom is 0.262 e. The fraction of sp³-hybridized carbons (Fsp3) is 0.300. The average molecular weight is 388 g/mol. The van der Waals surface area contributed by atoms with Gasteiger partial charge in [0, 0.05) is 18.7 Å². The van der Waals surface area contributed by atoms with E-state index in [0.717, 1.165) is 31.6 Å². The number of nitrogens with two attached hydrogens (primary N) is 1. The number of rotatable bonds is 6. The number of carbonyl (C=O) groups is 2. The number of ether oxygens (including phenoxy) is 1. The van der Waals surface area contributed by atoms with E-state index in [-0.39, 0.29) is 12.5 Å². The van der Waals surface area contributed by atoms with Gasteiger partial charge in [-0.05, 0) is 49.6 Å². The van der Waals surface area contributed by atoms with Gasteiger partial charge in [-0.2, -0.15) is 0 Å². The highest BCUT2D eigenvalue weighted by molar-refractivity contribution is 6.32. The van der Waals surface area contributed by atoms with Crippen molar-refractivity contribution < 1.29 is 14.3 Å². The lowest BCUT2D eigenvalue weighted by molar-refractivity contribution is -0.118. The molecular formula is C20H22ClN3O3. The summed E-state index contributed by atoms with van der Waals surface area (Å²) in [6, 6.07) is 12.1. The van der Waals surface area contributed by atoms with Crippen molar-refractivity contribution in [1.82, 2.24) is 0 Å². The summed E-state index contributed by atoms with van der Waals surface area (Å²) in [6.45, 7) is 1.63. The third-order valence-electron chi connectivity index (χ3n) is 4.45. The van der Waals surface area contributed by atoms with Crippen molar-refractivity contribution in [2.24, 2.45) is 5.73 Å². The maximum absolute atomic E-state index is 12.4. The number of hydrogen-bond acceptors (Lipinski definition) is 4. The molecule has 0 unspecified atom stereocenters. The number of carbonyl (C=O) groups excluding carboxylic acids is 2. The molecule has 142 valence electrons. The highest BCUT2D eigenvalue weighted by atomic mass is 35.5. The quantitative estimate of drug-likeness (QED) is 0.795. The summed E-state index contributed by atoms with van der Waals surface area (Å²) in [6.07, 6.45) is 3.39. The lowest BCUT2D eigenvalue weighted by Crippen LogP contribution is -2.31. The molecular weight excluding hydrogens is 366 g/mol. The largest absolute Gasteiger partial charge is 0.482 e. The Bertz CT molecular complexity index is 835. The molecule has 1 saturated heterocycles. The van der Waals surface area contributed by atoms with Gasteiger partial charge in [-0.25, -0.2) is 0 Å². The van der Waals surface area contributed by atoms with Gasteiger partial charge >= 0.3 is 0 Å². The summed E-state index contributed by atoms with van der Waals surface area (Å²) in [5.41, 5.74) is 7.17. The first kappa shape index (κ1) is 19.0. The molecule has 1 aliphatic heterocycles. The Hall–Kier alpha value is -2.73. The zero-order valence-corrected chi connectivity index (χ0v) is 15.7. The van der Waals surface area contributed by atoms with Crippen molar-refractivity contribution >= 4 is 34.8 Å². The molecule has 0 aromatic heterocycles. The van der Waals surface area contributed by atoms with Gasteiger partial charge in [0.05, 0.1) is 16.4 Å². The van der Waals surface area contributed by atoms with Crippen molar-refractivity contribution in [1.29, 1.82) is 0 Å². The summed E-state index contributed by atoms with van der Waals surface area (Å²) in [5.74, 6) is -0.436. The summed E-state index contributed by atoms with van der Waals surface area (Å²) in [7, 11) is 0. The van der Waals surface area contributed by atoms with Gasteiger partial charge in [-0.1, -0.05) is 23.7 Å². The highest BCUT2D eigenvalue weighted by Gasteiger charge is 2.18. The number of hydrogen-bond donors (Lipinski definition) is 2. The maximum atomic E-state index is 12.4. The third-order valence-corrected chi connectivity index (χ3v) is 4.76. The fourth-order valence-corrected chi connectivity index (χ4v) is 3.28. The van der Waals surface area contributed by atoms with Gasteiger partial charge in [-0.15, -0.1) is 0 Å². The number of piperidine rings is 1. The monoisotopic (exact) mass is 387 g/mol. The van der Waals surface area contributed by atoms with Crippen LogP contribution in [-0.4, -0.2) is 31.5 Å². The van der Waals surface area contributed by atoms with E-state index < -0.39 is 5.91 Å². The number of nitrogens with one attached hydrogen (secondary N) is 1. The second-order valence-corrected chi connectivity index (χ2v) is 6.82. The Kier molecular flexibility index (Phi) is 6.19.